The summed E-state index contributed by atoms with van der Waals surface area (Å²) in [6.07, 6.45) is 7.02. The van der Waals surface area contributed by atoms with Crippen molar-refractivity contribution in [3.8, 4) is 11.1 Å². The highest BCUT2D eigenvalue weighted by Gasteiger charge is 2.32. The molecule has 1 unspecified atom stereocenters. The van der Waals surface area contributed by atoms with Crippen LogP contribution in [0, 0.1) is 0 Å². The van der Waals surface area contributed by atoms with E-state index in [-0.39, 0.29) is 5.92 Å². The summed E-state index contributed by atoms with van der Waals surface area (Å²) in [7, 11) is 0. The fraction of sp³-hybridized carbons (Fsp3) is 0.118. The number of hydrogen-bond acceptors (Lipinski definition) is 0. The summed E-state index contributed by atoms with van der Waals surface area (Å²) in [4.78, 5) is 0. The Morgan fingerprint density at radius 3 is 2.32 bits per heavy atom. The molecule has 0 aliphatic heterocycles. The zero-order valence-corrected chi connectivity index (χ0v) is 19.4. The van der Waals surface area contributed by atoms with Crippen LogP contribution >= 0.6 is 0 Å². The molecule has 0 nitrogen and oxygen atoms in total. The Balaban J connectivity index is 1.53. The molecular formula is C34H26. The number of benzene rings is 4. The quantitative estimate of drug-likeness (QED) is 0.293. The molecule has 0 radical (unpaired) electrons. The second kappa shape index (κ2) is 7.57. The van der Waals surface area contributed by atoms with Gasteiger partial charge in [-0.15, -0.1) is 0 Å². The van der Waals surface area contributed by atoms with Crippen LogP contribution in [0.4, 0.5) is 0 Å². The predicted octanol–water partition coefficient (Wildman–Crippen LogP) is 6.79. The molecule has 4 aromatic rings. The monoisotopic (exact) mass is 434 g/mol. The smallest absolute Gasteiger partial charge is 0.0287 e. The van der Waals surface area contributed by atoms with Crippen LogP contribution in [0.2, 0.25) is 0 Å². The van der Waals surface area contributed by atoms with Gasteiger partial charge in [-0.1, -0.05) is 110 Å². The molecular weight excluding hydrogens is 408 g/mol. The lowest BCUT2D eigenvalue weighted by Gasteiger charge is -2.29. The van der Waals surface area contributed by atoms with E-state index in [9.17, 15) is 0 Å². The van der Waals surface area contributed by atoms with Gasteiger partial charge in [-0.2, -0.15) is 0 Å². The van der Waals surface area contributed by atoms with Gasteiger partial charge in [0.25, 0.3) is 0 Å². The first kappa shape index (κ1) is 19.6. The molecule has 0 aromatic heterocycles. The normalized spacial score (nSPS) is 17.5. The number of hydrogen-bond donors (Lipinski definition) is 0. The molecule has 3 aliphatic carbocycles. The minimum atomic E-state index is 0.281. The Labute approximate surface area is 200 Å². The van der Waals surface area contributed by atoms with Crippen LogP contribution in [0.3, 0.4) is 0 Å². The van der Waals surface area contributed by atoms with Gasteiger partial charge in [0, 0.05) is 5.92 Å². The van der Waals surface area contributed by atoms with E-state index in [4.69, 9.17) is 0 Å². The third-order valence-corrected chi connectivity index (χ3v) is 7.77. The van der Waals surface area contributed by atoms with Crippen LogP contribution < -0.4 is 10.4 Å². The summed E-state index contributed by atoms with van der Waals surface area (Å²) in [5.41, 5.74) is 14.3. The molecule has 4 aromatic carbocycles. The minimum Gasteiger partial charge on any atom is -0.0687 e. The first-order valence-electron chi connectivity index (χ1n) is 12.4. The summed E-state index contributed by atoms with van der Waals surface area (Å²) in [5, 5.41) is 2.72. The van der Waals surface area contributed by atoms with Crippen molar-refractivity contribution in [1.29, 1.82) is 0 Å². The van der Waals surface area contributed by atoms with Crippen molar-refractivity contribution in [2.45, 2.75) is 25.7 Å². The van der Waals surface area contributed by atoms with Crippen LogP contribution in [-0.4, -0.2) is 0 Å². The van der Waals surface area contributed by atoms with Crippen molar-refractivity contribution in [3.63, 3.8) is 0 Å². The van der Waals surface area contributed by atoms with Crippen molar-refractivity contribution < 1.29 is 0 Å². The van der Waals surface area contributed by atoms with Crippen molar-refractivity contribution in [2.24, 2.45) is 0 Å². The molecule has 0 amide bonds. The van der Waals surface area contributed by atoms with Crippen molar-refractivity contribution in [1.82, 2.24) is 0 Å². The van der Waals surface area contributed by atoms with E-state index in [0.717, 1.165) is 12.8 Å². The molecule has 0 bridgehead atoms. The molecule has 7 rings (SSSR count). The maximum atomic E-state index is 2.54. The largest absolute Gasteiger partial charge is 0.0687 e. The molecule has 1 atom stereocenters. The molecule has 162 valence electrons. The van der Waals surface area contributed by atoms with Gasteiger partial charge >= 0.3 is 0 Å². The van der Waals surface area contributed by atoms with E-state index in [1.807, 2.05) is 0 Å². The molecule has 0 saturated carbocycles. The summed E-state index contributed by atoms with van der Waals surface area (Å²) in [6, 6.07) is 35.7. The first-order valence-corrected chi connectivity index (χ1v) is 12.4. The standard InChI is InChI=1S/C34H26/c1-2-22-19-30(23-11-4-3-5-12-23)34-27-16-9-7-14-25(27)21-32(34)33(22)29-18-10-17-28-26-15-8-6-13-24(26)20-31(28)29/h3-19,21,30H,2,20H2,1H3. The molecule has 0 N–H and O–H groups in total. The summed E-state index contributed by atoms with van der Waals surface area (Å²) >= 11 is 0. The fourth-order valence-corrected chi connectivity index (χ4v) is 6.26. The zero-order valence-electron chi connectivity index (χ0n) is 19.4. The van der Waals surface area contributed by atoms with Crippen molar-refractivity contribution in [3.05, 3.63) is 147 Å². The van der Waals surface area contributed by atoms with E-state index < -0.39 is 0 Å². The highest BCUT2D eigenvalue weighted by Crippen LogP contribution is 2.49. The highest BCUT2D eigenvalue weighted by atomic mass is 14.3. The third kappa shape index (κ3) is 2.78. The van der Waals surface area contributed by atoms with E-state index in [0.29, 0.717) is 0 Å². The first-order chi connectivity index (χ1) is 16.8. The second-order valence-corrected chi connectivity index (χ2v) is 9.53. The Morgan fingerprint density at radius 2 is 1.44 bits per heavy atom. The fourth-order valence-electron chi connectivity index (χ4n) is 6.26. The lowest BCUT2D eigenvalue weighted by Crippen LogP contribution is -2.24. The van der Waals surface area contributed by atoms with Gasteiger partial charge in [0.05, 0.1) is 0 Å². The molecule has 0 saturated heterocycles. The lowest BCUT2D eigenvalue weighted by atomic mass is 9.74. The predicted molar refractivity (Wildman–Crippen MR) is 143 cm³/mol. The van der Waals surface area contributed by atoms with Gasteiger partial charge in [0.1, 0.15) is 0 Å². The topological polar surface area (TPSA) is 0 Å². The minimum absolute atomic E-state index is 0.281. The SMILES string of the molecule is CCC1=CC(c2ccccc2)C2=c3ccccc3=CC2=C1c1cccc2c1Cc1ccccc1-2. The Kier molecular flexibility index (Phi) is 4.35. The van der Waals surface area contributed by atoms with E-state index in [1.165, 1.54) is 66.1 Å². The van der Waals surface area contributed by atoms with Gasteiger partial charge in [-0.25, -0.2) is 0 Å². The maximum Gasteiger partial charge on any atom is 0.0287 e. The van der Waals surface area contributed by atoms with Crippen LogP contribution in [0.15, 0.2) is 114 Å². The van der Waals surface area contributed by atoms with Crippen LogP contribution in [-0.2, 0) is 6.42 Å². The third-order valence-electron chi connectivity index (χ3n) is 7.77. The maximum absolute atomic E-state index is 2.54. The molecule has 3 aliphatic rings. The average molecular weight is 435 g/mol. The lowest BCUT2D eigenvalue weighted by molar-refractivity contribution is 1.03. The second-order valence-electron chi connectivity index (χ2n) is 9.53. The van der Waals surface area contributed by atoms with Crippen LogP contribution in [0.1, 0.15) is 41.5 Å². The summed E-state index contributed by atoms with van der Waals surface area (Å²) in [6.45, 7) is 2.31. The van der Waals surface area contributed by atoms with Gasteiger partial charge in [-0.05, 0) is 85.0 Å². The molecule has 0 spiro atoms. The van der Waals surface area contributed by atoms with Crippen LogP contribution in [0.5, 0.6) is 0 Å². The van der Waals surface area contributed by atoms with Crippen LogP contribution in [0.25, 0.3) is 28.3 Å². The van der Waals surface area contributed by atoms with E-state index in [2.05, 4.69) is 116 Å². The Morgan fingerprint density at radius 1 is 0.706 bits per heavy atom. The number of rotatable bonds is 3. The Hall–Kier alpha value is -3.90. The Bertz CT molecular complexity index is 1640. The van der Waals surface area contributed by atoms with Crippen molar-refractivity contribution >= 4 is 17.2 Å². The van der Waals surface area contributed by atoms with Gasteiger partial charge in [-0.3, -0.25) is 0 Å². The zero-order chi connectivity index (χ0) is 22.6. The summed E-state index contributed by atoms with van der Waals surface area (Å²) < 4.78 is 0. The molecule has 0 fully saturated rings. The highest BCUT2D eigenvalue weighted by molar-refractivity contribution is 6.04. The number of fused-ring (bicyclic) bond motifs is 5. The van der Waals surface area contributed by atoms with Gasteiger partial charge in [0.15, 0.2) is 0 Å². The molecule has 34 heavy (non-hydrogen) atoms. The molecule has 0 heterocycles. The average Bonchev–Trinajstić information content (AvgIpc) is 3.47. The number of allylic oxidation sites excluding steroid dienone is 4. The van der Waals surface area contributed by atoms with E-state index in [1.54, 1.807) is 0 Å². The summed E-state index contributed by atoms with van der Waals surface area (Å²) in [5.74, 6) is 0.281. The van der Waals surface area contributed by atoms with Crippen molar-refractivity contribution in [2.75, 3.05) is 0 Å². The van der Waals surface area contributed by atoms with Gasteiger partial charge < -0.3 is 0 Å². The molecule has 0 heteroatoms. The van der Waals surface area contributed by atoms with E-state index >= 15 is 0 Å². The van der Waals surface area contributed by atoms with Gasteiger partial charge in [0.2, 0.25) is 0 Å².